The maximum absolute atomic E-state index is 13.2. The second-order valence-electron chi connectivity index (χ2n) is 9.30. The molecule has 3 rings (SSSR count). The van der Waals surface area contributed by atoms with E-state index >= 15 is 0 Å². The first-order valence-electron chi connectivity index (χ1n) is 11.2. The van der Waals surface area contributed by atoms with E-state index in [1.54, 1.807) is 0 Å². The fourth-order valence-corrected chi connectivity index (χ4v) is 4.82. The van der Waals surface area contributed by atoms with E-state index in [0.29, 0.717) is 12.2 Å². The lowest BCUT2D eigenvalue weighted by Gasteiger charge is -2.29. The molecule has 148 valence electrons. The largest absolute Gasteiger partial charge is 0.299 e. The summed E-state index contributed by atoms with van der Waals surface area (Å²) in [6.07, 6.45) is 15.5. The van der Waals surface area contributed by atoms with Gasteiger partial charge < -0.3 is 0 Å². The van der Waals surface area contributed by atoms with Crippen LogP contribution in [0.1, 0.15) is 102 Å². The number of carbonyl (C=O) groups is 1. The third-order valence-electron chi connectivity index (χ3n) is 6.29. The van der Waals surface area contributed by atoms with E-state index in [0.717, 1.165) is 25.0 Å². The molecule has 1 aliphatic heterocycles. The van der Waals surface area contributed by atoms with Crippen LogP contribution in [0.4, 0.5) is 0 Å². The normalized spacial score (nSPS) is 22.1. The Bertz CT molecular complexity index is 646. The van der Waals surface area contributed by atoms with E-state index < -0.39 is 0 Å². The van der Waals surface area contributed by atoms with Gasteiger partial charge in [0, 0.05) is 12.3 Å². The van der Waals surface area contributed by atoms with Gasteiger partial charge in [-0.15, -0.1) is 0 Å². The predicted molar refractivity (Wildman–Crippen MR) is 115 cm³/mol. The van der Waals surface area contributed by atoms with Gasteiger partial charge in [-0.2, -0.15) is 0 Å². The molecule has 0 spiro atoms. The van der Waals surface area contributed by atoms with Crippen molar-refractivity contribution in [1.29, 1.82) is 0 Å². The molecular weight excluding hydrogens is 330 g/mol. The second-order valence-corrected chi connectivity index (χ2v) is 9.30. The summed E-state index contributed by atoms with van der Waals surface area (Å²) in [5.74, 6) is 0.669. The number of carbonyl (C=O) groups excluding carboxylic acids is 1. The first-order chi connectivity index (χ1) is 13.1. The number of hydrogen-bond acceptors (Lipinski definition) is 2. The SMILES string of the molecule is CC1(C)Cc2ccccc2C(CC(=O)C2CCCCCCCCCCC2)=N1. The quantitative estimate of drug-likeness (QED) is 0.585. The zero-order chi connectivity index (χ0) is 19.1. The summed E-state index contributed by atoms with van der Waals surface area (Å²) in [4.78, 5) is 18.2. The maximum atomic E-state index is 13.2. The molecule has 0 aromatic heterocycles. The first kappa shape index (κ1) is 20.3. The van der Waals surface area contributed by atoms with E-state index in [2.05, 4.69) is 38.1 Å². The van der Waals surface area contributed by atoms with Gasteiger partial charge in [-0.1, -0.05) is 82.1 Å². The smallest absolute Gasteiger partial charge is 0.141 e. The first-order valence-corrected chi connectivity index (χ1v) is 11.2. The van der Waals surface area contributed by atoms with Crippen LogP contribution in [0.25, 0.3) is 0 Å². The monoisotopic (exact) mass is 367 g/mol. The maximum Gasteiger partial charge on any atom is 0.141 e. The Hall–Kier alpha value is -1.44. The molecule has 0 unspecified atom stereocenters. The Kier molecular flexibility index (Phi) is 7.26. The van der Waals surface area contributed by atoms with Crippen LogP contribution < -0.4 is 0 Å². The highest BCUT2D eigenvalue weighted by Gasteiger charge is 2.29. The molecule has 0 bridgehead atoms. The highest BCUT2D eigenvalue weighted by molar-refractivity contribution is 6.12. The van der Waals surface area contributed by atoms with Crippen molar-refractivity contribution in [3.05, 3.63) is 35.4 Å². The zero-order valence-corrected chi connectivity index (χ0v) is 17.4. The van der Waals surface area contributed by atoms with Crippen LogP contribution in [0, 0.1) is 5.92 Å². The fraction of sp³-hybridized carbons (Fsp3) is 0.680. The van der Waals surface area contributed by atoms with Crippen LogP contribution in [0.3, 0.4) is 0 Å². The minimum Gasteiger partial charge on any atom is -0.299 e. The summed E-state index contributed by atoms with van der Waals surface area (Å²) >= 11 is 0. The third kappa shape index (κ3) is 6.02. The Balaban J connectivity index is 1.68. The van der Waals surface area contributed by atoms with Crippen molar-refractivity contribution >= 4 is 11.5 Å². The Morgan fingerprint density at radius 2 is 1.48 bits per heavy atom. The highest BCUT2D eigenvalue weighted by Crippen LogP contribution is 2.29. The summed E-state index contributed by atoms with van der Waals surface area (Å²) in [6.45, 7) is 4.37. The Labute approximate surface area is 165 Å². The van der Waals surface area contributed by atoms with Gasteiger partial charge in [-0.25, -0.2) is 0 Å². The number of benzene rings is 1. The fourth-order valence-electron chi connectivity index (χ4n) is 4.82. The number of aliphatic imine (C=N–C) groups is 1. The molecule has 2 nitrogen and oxygen atoms in total. The molecule has 0 atom stereocenters. The number of fused-ring (bicyclic) bond motifs is 1. The average Bonchev–Trinajstić information content (AvgIpc) is 2.61. The standard InChI is InChI=1S/C25H37NO/c1-25(2)19-21-16-12-13-17-22(21)23(26-25)18-24(27)20-14-10-8-6-4-3-5-7-9-11-15-20/h12-13,16-17,20H,3-11,14-15,18-19H2,1-2H3. The lowest BCUT2D eigenvalue weighted by Crippen LogP contribution is -2.31. The lowest BCUT2D eigenvalue weighted by atomic mass is 9.83. The van der Waals surface area contributed by atoms with Gasteiger partial charge in [0.2, 0.25) is 0 Å². The molecule has 1 aromatic rings. The molecule has 1 aliphatic carbocycles. The van der Waals surface area contributed by atoms with E-state index in [1.165, 1.54) is 68.9 Å². The van der Waals surface area contributed by atoms with Crippen LogP contribution in [-0.4, -0.2) is 17.0 Å². The Morgan fingerprint density at radius 1 is 0.926 bits per heavy atom. The summed E-state index contributed by atoms with van der Waals surface area (Å²) in [7, 11) is 0. The predicted octanol–water partition coefficient (Wildman–Crippen LogP) is 6.69. The molecule has 0 amide bonds. The lowest BCUT2D eigenvalue weighted by molar-refractivity contribution is -0.122. The Morgan fingerprint density at radius 3 is 2.11 bits per heavy atom. The summed E-state index contributed by atoms with van der Waals surface area (Å²) in [5.41, 5.74) is 3.48. The van der Waals surface area contributed by atoms with Crippen LogP contribution >= 0.6 is 0 Å². The molecule has 1 fully saturated rings. The van der Waals surface area contributed by atoms with Gasteiger partial charge in [-0.3, -0.25) is 9.79 Å². The van der Waals surface area contributed by atoms with E-state index in [1.807, 2.05) is 0 Å². The topological polar surface area (TPSA) is 29.4 Å². The number of Topliss-reactive ketones (excluding diaryl/α,β-unsaturated/α-hetero) is 1. The minimum absolute atomic E-state index is 0.101. The highest BCUT2D eigenvalue weighted by atomic mass is 16.1. The summed E-state index contributed by atoms with van der Waals surface area (Å²) < 4.78 is 0. The molecule has 0 N–H and O–H groups in total. The van der Waals surface area contributed by atoms with Gasteiger partial charge in [0.25, 0.3) is 0 Å². The van der Waals surface area contributed by atoms with Crippen molar-refractivity contribution in [1.82, 2.24) is 0 Å². The van der Waals surface area contributed by atoms with Crippen molar-refractivity contribution < 1.29 is 4.79 Å². The van der Waals surface area contributed by atoms with Crippen LogP contribution in [0.2, 0.25) is 0 Å². The van der Waals surface area contributed by atoms with Gasteiger partial charge in [0.1, 0.15) is 5.78 Å². The van der Waals surface area contributed by atoms with Crippen molar-refractivity contribution in [2.24, 2.45) is 10.9 Å². The van der Waals surface area contributed by atoms with Crippen molar-refractivity contribution in [2.75, 3.05) is 0 Å². The molecule has 0 saturated heterocycles. The van der Waals surface area contributed by atoms with E-state index in [4.69, 9.17) is 4.99 Å². The number of ketones is 1. The average molecular weight is 368 g/mol. The van der Waals surface area contributed by atoms with Crippen molar-refractivity contribution in [3.8, 4) is 0 Å². The molecule has 2 aliphatic rings. The van der Waals surface area contributed by atoms with Crippen LogP contribution in [-0.2, 0) is 11.2 Å². The van der Waals surface area contributed by atoms with Gasteiger partial charge in [0.05, 0.1) is 11.3 Å². The van der Waals surface area contributed by atoms with E-state index in [-0.39, 0.29) is 11.5 Å². The molecule has 1 saturated carbocycles. The molecule has 1 aromatic carbocycles. The molecule has 1 heterocycles. The van der Waals surface area contributed by atoms with Gasteiger partial charge in [-0.05, 0) is 44.2 Å². The summed E-state index contributed by atoms with van der Waals surface area (Å²) in [5, 5.41) is 0. The minimum atomic E-state index is -0.101. The van der Waals surface area contributed by atoms with Crippen LogP contribution in [0.15, 0.2) is 29.3 Å². The number of rotatable bonds is 3. The van der Waals surface area contributed by atoms with Crippen LogP contribution in [0.5, 0.6) is 0 Å². The number of hydrogen-bond donors (Lipinski definition) is 0. The number of nitrogens with zero attached hydrogens (tertiary/aromatic N) is 1. The van der Waals surface area contributed by atoms with Crippen molar-refractivity contribution in [2.45, 2.75) is 103 Å². The molecule has 2 heteroatoms. The zero-order valence-electron chi connectivity index (χ0n) is 17.4. The third-order valence-corrected chi connectivity index (χ3v) is 6.29. The molecular formula is C25H37NO. The molecule has 27 heavy (non-hydrogen) atoms. The summed E-state index contributed by atoms with van der Waals surface area (Å²) in [6, 6.07) is 8.53. The van der Waals surface area contributed by atoms with Crippen molar-refractivity contribution in [3.63, 3.8) is 0 Å². The second kappa shape index (κ2) is 9.66. The van der Waals surface area contributed by atoms with E-state index in [9.17, 15) is 4.79 Å². The van der Waals surface area contributed by atoms with Gasteiger partial charge >= 0.3 is 0 Å². The van der Waals surface area contributed by atoms with Gasteiger partial charge in [0.15, 0.2) is 0 Å². The molecule has 0 radical (unpaired) electrons.